The van der Waals surface area contributed by atoms with E-state index in [1.54, 1.807) is 24.3 Å². The molecule has 1 amide bonds. The maximum atomic E-state index is 13.7. The van der Waals surface area contributed by atoms with E-state index in [2.05, 4.69) is 11.9 Å². The lowest BCUT2D eigenvalue weighted by molar-refractivity contribution is -0.112. The molecule has 1 aromatic heterocycles. The van der Waals surface area contributed by atoms with Crippen LogP contribution in [0.5, 0.6) is 0 Å². The second kappa shape index (κ2) is 10.6. The normalized spacial score (nSPS) is 10.9. The number of hydrogen-bond donors (Lipinski definition) is 1. The highest BCUT2D eigenvalue weighted by molar-refractivity contribution is 6.00. The van der Waals surface area contributed by atoms with Crippen molar-refractivity contribution in [3.8, 4) is 0 Å². The number of nitrogens with zero attached hydrogens (tertiary/aromatic N) is 2. The molecular weight excluding hydrogens is 417 g/mol. The van der Waals surface area contributed by atoms with Crippen molar-refractivity contribution >= 4 is 29.7 Å². The van der Waals surface area contributed by atoms with Crippen molar-refractivity contribution in [2.75, 3.05) is 19.0 Å². The molecule has 170 valence electrons. The van der Waals surface area contributed by atoms with E-state index in [-0.39, 0.29) is 24.1 Å². The van der Waals surface area contributed by atoms with Crippen molar-refractivity contribution < 1.29 is 14.0 Å². The number of allylic oxidation sites excluding steroid dienone is 1. The lowest BCUT2D eigenvalue weighted by Crippen LogP contribution is -2.26. The van der Waals surface area contributed by atoms with Gasteiger partial charge in [0.15, 0.2) is 5.78 Å². The molecule has 0 atom stereocenters. The molecule has 0 aliphatic carbocycles. The third kappa shape index (κ3) is 5.86. The summed E-state index contributed by atoms with van der Waals surface area (Å²) in [6.45, 7) is 5.89. The summed E-state index contributed by atoms with van der Waals surface area (Å²) < 4.78 is 15.7. The molecule has 1 N–H and O–H groups in total. The Kier molecular flexibility index (Phi) is 7.61. The Morgan fingerprint density at radius 2 is 1.82 bits per heavy atom. The molecule has 0 aliphatic rings. The van der Waals surface area contributed by atoms with Crippen LogP contribution in [0.2, 0.25) is 0 Å². The van der Waals surface area contributed by atoms with Crippen molar-refractivity contribution in [2.24, 2.45) is 0 Å². The van der Waals surface area contributed by atoms with E-state index < -0.39 is 0 Å². The first-order valence-corrected chi connectivity index (χ1v) is 10.6. The highest BCUT2D eigenvalue weighted by atomic mass is 19.1. The number of nitrogens with one attached hydrogen (secondary N) is 1. The van der Waals surface area contributed by atoms with Crippen LogP contribution in [0.15, 0.2) is 67.3 Å². The summed E-state index contributed by atoms with van der Waals surface area (Å²) in [7, 11) is 3.75. The molecule has 3 aromatic rings. The standard InChI is InChI=1S/C27H28FN3O2/c1-5-22-15-21(12-14-25(22)28)17-29-26(33)24-16-23(13-11-19(2)32)31(27(24)30(3)4)18-20-9-7-6-8-10-20/h5-16H,1,17-18H2,2-4H3,(H,29,33)/b13-11+. The summed E-state index contributed by atoms with van der Waals surface area (Å²) in [6, 6.07) is 16.4. The average Bonchev–Trinajstić information content (AvgIpc) is 3.16. The molecule has 6 heteroatoms. The molecule has 0 aliphatic heterocycles. The lowest BCUT2D eigenvalue weighted by Gasteiger charge is -2.20. The van der Waals surface area contributed by atoms with Crippen LogP contribution >= 0.6 is 0 Å². The third-order valence-electron chi connectivity index (χ3n) is 5.17. The Hall–Kier alpha value is -3.93. The Labute approximate surface area is 193 Å². The molecule has 0 saturated heterocycles. The molecule has 3 rings (SSSR count). The highest BCUT2D eigenvalue weighted by Crippen LogP contribution is 2.27. The third-order valence-corrected chi connectivity index (χ3v) is 5.17. The van der Waals surface area contributed by atoms with Crippen LogP contribution in [0, 0.1) is 5.82 Å². The van der Waals surface area contributed by atoms with Gasteiger partial charge in [-0.05, 0) is 48.4 Å². The molecular formula is C27H28FN3O2. The van der Waals surface area contributed by atoms with E-state index in [9.17, 15) is 14.0 Å². The van der Waals surface area contributed by atoms with E-state index in [1.807, 2.05) is 53.9 Å². The van der Waals surface area contributed by atoms with E-state index in [4.69, 9.17) is 0 Å². The van der Waals surface area contributed by atoms with E-state index in [1.165, 1.54) is 25.1 Å². The van der Waals surface area contributed by atoms with Crippen LogP contribution in [0.4, 0.5) is 10.2 Å². The van der Waals surface area contributed by atoms with Gasteiger partial charge in [-0.1, -0.05) is 49.1 Å². The van der Waals surface area contributed by atoms with Crippen LogP contribution in [0.1, 0.15) is 39.7 Å². The lowest BCUT2D eigenvalue weighted by atomic mass is 10.1. The van der Waals surface area contributed by atoms with Gasteiger partial charge in [0.2, 0.25) is 0 Å². The number of halogens is 1. The fraction of sp³-hybridized carbons (Fsp3) is 0.185. The first-order valence-electron chi connectivity index (χ1n) is 10.6. The van der Waals surface area contributed by atoms with Gasteiger partial charge in [-0.2, -0.15) is 0 Å². The summed E-state index contributed by atoms with van der Waals surface area (Å²) >= 11 is 0. The maximum Gasteiger partial charge on any atom is 0.255 e. The van der Waals surface area contributed by atoms with Crippen LogP contribution in [-0.4, -0.2) is 30.4 Å². The van der Waals surface area contributed by atoms with Gasteiger partial charge < -0.3 is 14.8 Å². The van der Waals surface area contributed by atoms with E-state index in [0.29, 0.717) is 17.7 Å². The Bertz CT molecular complexity index is 1190. The minimum Gasteiger partial charge on any atom is -0.363 e. The van der Waals surface area contributed by atoms with E-state index in [0.717, 1.165) is 22.6 Å². The topological polar surface area (TPSA) is 54.3 Å². The molecule has 33 heavy (non-hydrogen) atoms. The minimum absolute atomic E-state index is 0.0748. The van der Waals surface area contributed by atoms with Gasteiger partial charge in [0.25, 0.3) is 5.91 Å². The van der Waals surface area contributed by atoms with Gasteiger partial charge in [-0.15, -0.1) is 0 Å². The zero-order chi connectivity index (χ0) is 24.0. The number of hydrogen-bond acceptors (Lipinski definition) is 3. The molecule has 0 spiro atoms. The first-order chi connectivity index (χ1) is 15.8. The second-order valence-electron chi connectivity index (χ2n) is 7.96. The van der Waals surface area contributed by atoms with Crippen molar-refractivity contribution in [2.45, 2.75) is 20.0 Å². The number of amides is 1. The Balaban J connectivity index is 1.95. The maximum absolute atomic E-state index is 13.7. The van der Waals surface area contributed by atoms with Crippen molar-refractivity contribution in [1.82, 2.24) is 9.88 Å². The minimum atomic E-state index is -0.352. The number of carbonyl (C=O) groups is 2. The zero-order valence-corrected chi connectivity index (χ0v) is 19.1. The number of carbonyl (C=O) groups excluding carboxylic acids is 2. The van der Waals surface area contributed by atoms with Gasteiger partial charge in [0, 0.05) is 38.4 Å². The number of anilines is 1. The van der Waals surface area contributed by atoms with Crippen molar-refractivity contribution in [1.29, 1.82) is 0 Å². The predicted molar refractivity (Wildman–Crippen MR) is 132 cm³/mol. The molecule has 5 nitrogen and oxygen atoms in total. The summed E-state index contributed by atoms with van der Waals surface area (Å²) in [5.41, 5.74) is 3.47. The molecule has 0 unspecified atom stereocenters. The molecule has 2 aromatic carbocycles. The van der Waals surface area contributed by atoms with Gasteiger partial charge in [0.05, 0.1) is 5.56 Å². The predicted octanol–water partition coefficient (Wildman–Crippen LogP) is 4.92. The first kappa shape index (κ1) is 23.7. The van der Waals surface area contributed by atoms with Crippen LogP contribution in [-0.2, 0) is 17.9 Å². The van der Waals surface area contributed by atoms with Crippen LogP contribution in [0.3, 0.4) is 0 Å². The SMILES string of the molecule is C=Cc1cc(CNC(=O)c2cc(/C=C/C(C)=O)n(Cc3ccccc3)c2N(C)C)ccc1F. The Morgan fingerprint density at radius 1 is 1.09 bits per heavy atom. The van der Waals surface area contributed by atoms with Crippen molar-refractivity contribution in [3.05, 3.63) is 101 Å². The number of aromatic nitrogens is 1. The molecule has 0 radical (unpaired) electrons. The van der Waals surface area contributed by atoms with Gasteiger partial charge in [0.1, 0.15) is 11.6 Å². The van der Waals surface area contributed by atoms with Gasteiger partial charge in [-0.3, -0.25) is 9.59 Å². The smallest absolute Gasteiger partial charge is 0.255 e. The van der Waals surface area contributed by atoms with Crippen LogP contribution < -0.4 is 10.2 Å². The number of rotatable bonds is 9. The zero-order valence-electron chi connectivity index (χ0n) is 19.1. The Morgan fingerprint density at radius 3 is 2.45 bits per heavy atom. The monoisotopic (exact) mass is 445 g/mol. The molecule has 0 bridgehead atoms. The molecule has 1 heterocycles. The molecule has 0 saturated carbocycles. The van der Waals surface area contributed by atoms with Gasteiger partial charge in [-0.25, -0.2) is 4.39 Å². The summed E-state index contributed by atoms with van der Waals surface area (Å²) in [5.74, 6) is 0.0435. The van der Waals surface area contributed by atoms with Crippen LogP contribution in [0.25, 0.3) is 12.2 Å². The average molecular weight is 446 g/mol. The largest absolute Gasteiger partial charge is 0.363 e. The van der Waals surface area contributed by atoms with Crippen molar-refractivity contribution in [3.63, 3.8) is 0 Å². The second-order valence-corrected chi connectivity index (χ2v) is 7.96. The fourth-order valence-electron chi connectivity index (χ4n) is 3.62. The number of ketones is 1. The summed E-state index contributed by atoms with van der Waals surface area (Å²) in [6.07, 6.45) is 4.67. The number of benzene rings is 2. The summed E-state index contributed by atoms with van der Waals surface area (Å²) in [4.78, 5) is 26.6. The highest BCUT2D eigenvalue weighted by Gasteiger charge is 2.21. The quantitative estimate of drug-likeness (QED) is 0.476. The van der Waals surface area contributed by atoms with Gasteiger partial charge >= 0.3 is 0 Å². The fourth-order valence-corrected chi connectivity index (χ4v) is 3.62. The molecule has 0 fully saturated rings. The summed E-state index contributed by atoms with van der Waals surface area (Å²) in [5, 5.41) is 2.92. The van der Waals surface area contributed by atoms with E-state index >= 15 is 0 Å².